The van der Waals surface area contributed by atoms with E-state index in [2.05, 4.69) is 0 Å². The second kappa shape index (κ2) is 11.7. The van der Waals surface area contributed by atoms with Crippen molar-refractivity contribution in [2.75, 3.05) is 32.3 Å². The SMILES string of the molecule is COc1ccc(-c2nc3ccc(C(=O)OCCC(=O)N4CCc5ccccc54)cc3nc2-c2ccc(OC)cc2)cc1. The van der Waals surface area contributed by atoms with Crippen LogP contribution in [-0.2, 0) is 16.0 Å². The molecule has 0 bridgehead atoms. The molecule has 0 saturated heterocycles. The molecule has 6 rings (SSSR count). The van der Waals surface area contributed by atoms with Crippen molar-refractivity contribution in [3.63, 3.8) is 0 Å². The lowest BCUT2D eigenvalue weighted by molar-refractivity contribution is -0.119. The van der Waals surface area contributed by atoms with Gasteiger partial charge in [-0.2, -0.15) is 0 Å². The molecule has 0 saturated carbocycles. The number of nitrogens with zero attached hydrogens (tertiary/aromatic N) is 3. The van der Waals surface area contributed by atoms with E-state index in [1.165, 1.54) is 0 Å². The van der Waals surface area contributed by atoms with Crippen LogP contribution in [0.15, 0.2) is 91.0 Å². The lowest BCUT2D eigenvalue weighted by atomic mass is 10.0. The summed E-state index contributed by atoms with van der Waals surface area (Å²) in [6.07, 6.45) is 0.943. The van der Waals surface area contributed by atoms with Gasteiger partial charge < -0.3 is 19.1 Å². The van der Waals surface area contributed by atoms with Crippen LogP contribution in [0.1, 0.15) is 22.3 Å². The number of hydrogen-bond acceptors (Lipinski definition) is 7. The zero-order valence-electron chi connectivity index (χ0n) is 23.4. The summed E-state index contributed by atoms with van der Waals surface area (Å²) in [5.74, 6) is 0.899. The molecule has 8 nitrogen and oxygen atoms in total. The molecule has 4 aromatic carbocycles. The number of carbonyl (C=O) groups excluding carboxylic acids is 2. The third-order valence-corrected chi connectivity index (χ3v) is 7.36. The normalized spacial score (nSPS) is 12.2. The van der Waals surface area contributed by atoms with E-state index in [0.717, 1.165) is 40.3 Å². The fourth-order valence-electron chi connectivity index (χ4n) is 5.13. The van der Waals surface area contributed by atoms with E-state index in [1.54, 1.807) is 37.3 Å². The van der Waals surface area contributed by atoms with Gasteiger partial charge in [0.15, 0.2) is 0 Å². The first kappa shape index (κ1) is 27.0. The number of hydrogen-bond donors (Lipinski definition) is 0. The zero-order valence-corrected chi connectivity index (χ0v) is 23.4. The number of esters is 1. The summed E-state index contributed by atoms with van der Waals surface area (Å²) in [5.41, 5.74) is 6.72. The molecule has 0 atom stereocenters. The second-order valence-electron chi connectivity index (χ2n) is 9.89. The highest BCUT2D eigenvalue weighted by atomic mass is 16.5. The van der Waals surface area contributed by atoms with Gasteiger partial charge in [-0.25, -0.2) is 14.8 Å². The van der Waals surface area contributed by atoms with Gasteiger partial charge in [0.25, 0.3) is 0 Å². The van der Waals surface area contributed by atoms with Crippen molar-refractivity contribution in [2.45, 2.75) is 12.8 Å². The van der Waals surface area contributed by atoms with Crippen molar-refractivity contribution in [2.24, 2.45) is 0 Å². The number of aromatic nitrogens is 2. The van der Waals surface area contributed by atoms with Crippen LogP contribution < -0.4 is 14.4 Å². The molecule has 2 heterocycles. The van der Waals surface area contributed by atoms with Gasteiger partial charge in [-0.05, 0) is 84.8 Å². The Labute approximate surface area is 243 Å². The summed E-state index contributed by atoms with van der Waals surface area (Å²) < 4.78 is 16.1. The summed E-state index contributed by atoms with van der Waals surface area (Å²) in [7, 11) is 3.25. The average molecular weight is 560 g/mol. The number of carbonyl (C=O) groups is 2. The third-order valence-electron chi connectivity index (χ3n) is 7.36. The Morgan fingerprint density at radius 1 is 0.762 bits per heavy atom. The molecule has 0 spiro atoms. The fraction of sp³-hybridized carbons (Fsp3) is 0.176. The Kier molecular flexibility index (Phi) is 7.51. The van der Waals surface area contributed by atoms with E-state index in [4.69, 9.17) is 24.2 Å². The monoisotopic (exact) mass is 559 g/mol. The number of para-hydroxylation sites is 1. The number of ether oxygens (including phenoxy) is 3. The van der Waals surface area contributed by atoms with E-state index in [0.29, 0.717) is 34.5 Å². The Balaban J connectivity index is 1.24. The summed E-state index contributed by atoms with van der Waals surface area (Å²) in [4.78, 5) is 37.4. The predicted octanol–water partition coefficient (Wildman–Crippen LogP) is 6.12. The quantitative estimate of drug-likeness (QED) is 0.212. The van der Waals surface area contributed by atoms with Crippen molar-refractivity contribution in [3.8, 4) is 34.0 Å². The number of amides is 1. The third kappa shape index (κ3) is 5.39. The average Bonchev–Trinajstić information content (AvgIpc) is 3.48. The summed E-state index contributed by atoms with van der Waals surface area (Å²) in [6.45, 7) is 0.637. The van der Waals surface area contributed by atoms with Crippen molar-refractivity contribution < 1.29 is 23.8 Å². The minimum absolute atomic E-state index is 0.00639. The lowest BCUT2D eigenvalue weighted by Crippen LogP contribution is -2.29. The van der Waals surface area contributed by atoms with Crippen molar-refractivity contribution in [1.82, 2.24) is 9.97 Å². The van der Waals surface area contributed by atoms with Crippen molar-refractivity contribution in [3.05, 3.63) is 102 Å². The van der Waals surface area contributed by atoms with E-state index in [9.17, 15) is 9.59 Å². The number of rotatable bonds is 8. The smallest absolute Gasteiger partial charge is 0.338 e. The van der Waals surface area contributed by atoms with Crippen LogP contribution >= 0.6 is 0 Å². The largest absolute Gasteiger partial charge is 0.497 e. The number of methoxy groups -OCH3 is 2. The van der Waals surface area contributed by atoms with Gasteiger partial charge in [-0.1, -0.05) is 18.2 Å². The first-order valence-electron chi connectivity index (χ1n) is 13.7. The van der Waals surface area contributed by atoms with Gasteiger partial charge in [0.05, 0.1) is 48.6 Å². The van der Waals surface area contributed by atoms with Crippen LogP contribution in [0.5, 0.6) is 11.5 Å². The molecule has 0 aliphatic carbocycles. The molecule has 0 radical (unpaired) electrons. The molecule has 210 valence electrons. The maximum absolute atomic E-state index is 12.9. The Hall–Kier alpha value is -5.24. The molecular weight excluding hydrogens is 530 g/mol. The molecular formula is C34H29N3O5. The van der Waals surface area contributed by atoms with E-state index < -0.39 is 5.97 Å². The number of fused-ring (bicyclic) bond motifs is 2. The van der Waals surface area contributed by atoms with E-state index in [-0.39, 0.29) is 18.9 Å². The van der Waals surface area contributed by atoms with Gasteiger partial charge >= 0.3 is 5.97 Å². The van der Waals surface area contributed by atoms with Gasteiger partial charge in [-0.3, -0.25) is 4.79 Å². The second-order valence-corrected chi connectivity index (χ2v) is 9.89. The first-order chi connectivity index (χ1) is 20.5. The zero-order chi connectivity index (χ0) is 29.1. The standard InChI is InChI=1S/C34H29N3O5/c1-40-26-12-7-23(8-13-26)32-33(24-9-14-27(41-2)15-10-24)36-29-21-25(11-16-28(29)35-32)34(39)42-20-18-31(38)37-19-17-22-5-3-4-6-30(22)37/h3-16,21H,17-20H2,1-2H3. The van der Waals surface area contributed by atoms with E-state index >= 15 is 0 Å². The molecule has 8 heteroatoms. The van der Waals surface area contributed by atoms with Crippen LogP contribution in [0, 0.1) is 0 Å². The topological polar surface area (TPSA) is 90.9 Å². The Morgan fingerprint density at radius 2 is 1.38 bits per heavy atom. The van der Waals surface area contributed by atoms with Gasteiger partial charge in [0, 0.05) is 23.4 Å². The highest BCUT2D eigenvalue weighted by molar-refractivity contribution is 5.97. The van der Waals surface area contributed by atoms with Crippen molar-refractivity contribution in [1.29, 1.82) is 0 Å². The molecule has 0 unspecified atom stereocenters. The highest BCUT2D eigenvalue weighted by Gasteiger charge is 2.24. The summed E-state index contributed by atoms with van der Waals surface area (Å²) >= 11 is 0. The predicted molar refractivity (Wildman–Crippen MR) is 161 cm³/mol. The molecule has 42 heavy (non-hydrogen) atoms. The number of anilines is 1. The minimum atomic E-state index is -0.515. The van der Waals surface area contributed by atoms with E-state index in [1.807, 2.05) is 72.8 Å². The van der Waals surface area contributed by atoms with Crippen LogP contribution in [-0.4, -0.2) is 49.2 Å². The lowest BCUT2D eigenvalue weighted by Gasteiger charge is -2.17. The van der Waals surface area contributed by atoms with Crippen molar-refractivity contribution >= 4 is 28.6 Å². The minimum Gasteiger partial charge on any atom is -0.497 e. The molecule has 5 aromatic rings. The first-order valence-corrected chi connectivity index (χ1v) is 13.7. The van der Waals surface area contributed by atoms with Crippen LogP contribution in [0.4, 0.5) is 5.69 Å². The molecule has 1 aliphatic rings. The fourth-order valence-corrected chi connectivity index (χ4v) is 5.13. The van der Waals surface area contributed by atoms with Crippen LogP contribution in [0.2, 0.25) is 0 Å². The molecule has 1 aromatic heterocycles. The van der Waals surface area contributed by atoms with Gasteiger partial charge in [0.2, 0.25) is 5.91 Å². The van der Waals surface area contributed by atoms with Gasteiger partial charge in [0.1, 0.15) is 18.1 Å². The van der Waals surface area contributed by atoms with Crippen LogP contribution in [0.3, 0.4) is 0 Å². The maximum atomic E-state index is 12.9. The highest BCUT2D eigenvalue weighted by Crippen LogP contribution is 2.33. The number of benzene rings is 4. The molecule has 1 amide bonds. The molecule has 0 fully saturated rings. The Bertz CT molecular complexity index is 1770. The summed E-state index contributed by atoms with van der Waals surface area (Å²) in [6, 6.07) is 28.2. The maximum Gasteiger partial charge on any atom is 0.338 e. The molecule has 1 aliphatic heterocycles. The van der Waals surface area contributed by atoms with Gasteiger partial charge in [-0.15, -0.1) is 0 Å². The Morgan fingerprint density at radius 3 is 2.02 bits per heavy atom. The molecule has 0 N–H and O–H groups in total. The summed E-state index contributed by atoms with van der Waals surface area (Å²) in [5, 5.41) is 0. The van der Waals surface area contributed by atoms with Crippen LogP contribution in [0.25, 0.3) is 33.5 Å².